The lowest BCUT2D eigenvalue weighted by Gasteiger charge is -2.08. The zero-order valence-electron chi connectivity index (χ0n) is 11.0. The zero-order chi connectivity index (χ0) is 15.1. The van der Waals surface area contributed by atoms with Crippen molar-refractivity contribution in [2.45, 2.75) is 13.3 Å². The molecule has 1 aromatic carbocycles. The summed E-state index contributed by atoms with van der Waals surface area (Å²) in [6, 6.07) is 4.44. The molecule has 108 valence electrons. The van der Waals surface area contributed by atoms with Crippen LogP contribution in [0.4, 0.5) is 4.39 Å². The Balaban J connectivity index is 2.38. The summed E-state index contributed by atoms with van der Waals surface area (Å²) >= 11 is 4.58. The van der Waals surface area contributed by atoms with Crippen molar-refractivity contribution in [3.8, 4) is 0 Å². The highest BCUT2D eigenvalue weighted by atomic mass is 32.1. The molecule has 0 fully saturated rings. The van der Waals surface area contributed by atoms with Gasteiger partial charge in [0.2, 0.25) is 0 Å². The minimum absolute atomic E-state index is 0.0152. The molecule has 20 heavy (non-hydrogen) atoms. The van der Waals surface area contributed by atoms with E-state index in [9.17, 15) is 14.0 Å². The quantitative estimate of drug-likeness (QED) is 0.535. The largest absolute Gasteiger partial charge is 0.392 e. The number of hydrogen-bond donors (Lipinski definition) is 3. The van der Waals surface area contributed by atoms with Crippen LogP contribution in [0.3, 0.4) is 0 Å². The van der Waals surface area contributed by atoms with Crippen LogP contribution in [0, 0.1) is 12.7 Å². The summed E-state index contributed by atoms with van der Waals surface area (Å²) in [5.41, 5.74) is 6.92. The first-order valence-electron chi connectivity index (χ1n) is 5.99. The van der Waals surface area contributed by atoms with Crippen LogP contribution in [0.5, 0.6) is 0 Å². The van der Waals surface area contributed by atoms with Gasteiger partial charge >= 0.3 is 11.8 Å². The van der Waals surface area contributed by atoms with E-state index in [1.807, 2.05) is 0 Å². The zero-order valence-corrected chi connectivity index (χ0v) is 11.8. The molecular formula is C13H16FN3O2S. The molecule has 2 amide bonds. The Morgan fingerprint density at radius 3 is 2.55 bits per heavy atom. The fraction of sp³-hybridized carbons (Fsp3) is 0.308. The topological polar surface area (TPSA) is 84.2 Å². The van der Waals surface area contributed by atoms with E-state index in [0.717, 1.165) is 11.1 Å². The van der Waals surface area contributed by atoms with Crippen LogP contribution < -0.4 is 16.4 Å². The normalized spacial score (nSPS) is 9.90. The maximum Gasteiger partial charge on any atom is 0.309 e. The van der Waals surface area contributed by atoms with Gasteiger partial charge in [-0.05, 0) is 36.6 Å². The molecule has 5 nitrogen and oxygen atoms in total. The van der Waals surface area contributed by atoms with Gasteiger partial charge in [0.15, 0.2) is 0 Å². The summed E-state index contributed by atoms with van der Waals surface area (Å²) in [4.78, 5) is 22.8. The Bertz CT molecular complexity index is 534. The molecule has 0 aliphatic heterocycles. The van der Waals surface area contributed by atoms with Gasteiger partial charge in [0, 0.05) is 6.54 Å². The number of hydrogen-bond acceptors (Lipinski definition) is 3. The fourth-order valence-electron chi connectivity index (χ4n) is 1.58. The molecule has 0 radical (unpaired) electrons. The first-order chi connectivity index (χ1) is 9.40. The van der Waals surface area contributed by atoms with Crippen LogP contribution in [0.2, 0.25) is 0 Å². The van der Waals surface area contributed by atoms with Crippen LogP contribution in [0.1, 0.15) is 11.1 Å². The van der Waals surface area contributed by atoms with Crippen LogP contribution in [-0.4, -0.2) is 29.9 Å². The SMILES string of the molecule is Cc1cc(F)ccc1CCNC(=O)C(=O)NCC(N)=S. The molecule has 0 bridgehead atoms. The van der Waals surface area contributed by atoms with Crippen molar-refractivity contribution >= 4 is 29.0 Å². The van der Waals surface area contributed by atoms with Crippen molar-refractivity contribution in [2.75, 3.05) is 13.1 Å². The van der Waals surface area contributed by atoms with E-state index >= 15 is 0 Å². The fourth-order valence-corrected chi connectivity index (χ4v) is 1.65. The molecule has 1 rings (SSSR count). The Kier molecular flexibility index (Phi) is 6.05. The summed E-state index contributed by atoms with van der Waals surface area (Å²) < 4.78 is 12.9. The van der Waals surface area contributed by atoms with E-state index in [1.54, 1.807) is 13.0 Å². The Hall–Kier alpha value is -2.02. The van der Waals surface area contributed by atoms with E-state index < -0.39 is 11.8 Å². The van der Waals surface area contributed by atoms with Gasteiger partial charge < -0.3 is 16.4 Å². The average molecular weight is 297 g/mol. The molecule has 0 aliphatic rings. The van der Waals surface area contributed by atoms with Gasteiger partial charge in [-0.15, -0.1) is 0 Å². The minimum atomic E-state index is -0.784. The lowest BCUT2D eigenvalue weighted by Crippen LogP contribution is -2.43. The summed E-state index contributed by atoms with van der Waals surface area (Å²) in [5, 5.41) is 4.75. The molecule has 0 saturated carbocycles. The number of benzene rings is 1. The number of rotatable bonds is 5. The molecule has 0 aromatic heterocycles. The van der Waals surface area contributed by atoms with Gasteiger partial charge in [0.05, 0.1) is 11.5 Å². The highest BCUT2D eigenvalue weighted by Crippen LogP contribution is 2.10. The molecule has 0 spiro atoms. The monoisotopic (exact) mass is 297 g/mol. The number of thiocarbonyl (C=S) groups is 1. The third-order valence-electron chi connectivity index (χ3n) is 2.61. The Labute approximate surface area is 121 Å². The lowest BCUT2D eigenvalue weighted by atomic mass is 10.1. The van der Waals surface area contributed by atoms with Crippen LogP contribution >= 0.6 is 12.2 Å². The number of aryl methyl sites for hydroxylation is 1. The van der Waals surface area contributed by atoms with E-state index in [2.05, 4.69) is 22.9 Å². The maximum absolute atomic E-state index is 12.9. The third kappa shape index (κ3) is 5.31. The number of nitrogens with one attached hydrogen (secondary N) is 2. The molecule has 7 heteroatoms. The van der Waals surface area contributed by atoms with Crippen LogP contribution in [0.25, 0.3) is 0 Å². The molecular weight excluding hydrogens is 281 g/mol. The van der Waals surface area contributed by atoms with Crippen LogP contribution in [0.15, 0.2) is 18.2 Å². The summed E-state index contributed by atoms with van der Waals surface area (Å²) in [5.74, 6) is -1.83. The highest BCUT2D eigenvalue weighted by molar-refractivity contribution is 7.80. The van der Waals surface area contributed by atoms with Crippen molar-refractivity contribution < 1.29 is 14.0 Å². The number of carbonyl (C=O) groups is 2. The summed E-state index contributed by atoms with van der Waals surface area (Å²) in [7, 11) is 0. The molecule has 1 aromatic rings. The number of halogens is 1. The standard InChI is InChI=1S/C13H16FN3O2S/c1-8-6-10(14)3-2-9(8)4-5-16-12(18)13(19)17-7-11(15)20/h2-3,6H,4-5,7H2,1H3,(H2,15,20)(H,16,18)(H,17,19). The van der Waals surface area contributed by atoms with Crippen molar-refractivity contribution in [3.05, 3.63) is 35.1 Å². The van der Waals surface area contributed by atoms with E-state index in [-0.39, 0.29) is 23.9 Å². The third-order valence-corrected chi connectivity index (χ3v) is 2.76. The summed E-state index contributed by atoms with van der Waals surface area (Å²) in [6.45, 7) is 2.06. The first-order valence-corrected chi connectivity index (χ1v) is 6.40. The Morgan fingerprint density at radius 1 is 1.30 bits per heavy atom. The highest BCUT2D eigenvalue weighted by Gasteiger charge is 2.12. The second kappa shape index (κ2) is 7.54. The van der Waals surface area contributed by atoms with Gasteiger partial charge in [-0.2, -0.15) is 0 Å². The number of carbonyl (C=O) groups excluding carboxylic acids is 2. The molecule has 0 unspecified atom stereocenters. The molecule has 0 saturated heterocycles. The molecule has 0 heterocycles. The van der Waals surface area contributed by atoms with Gasteiger partial charge in [0.25, 0.3) is 0 Å². The summed E-state index contributed by atoms with van der Waals surface area (Å²) in [6.07, 6.45) is 0.514. The van der Waals surface area contributed by atoms with Crippen molar-refractivity contribution in [1.29, 1.82) is 0 Å². The second-order valence-electron chi connectivity index (χ2n) is 4.23. The number of amides is 2. The average Bonchev–Trinajstić information content (AvgIpc) is 2.38. The second-order valence-corrected chi connectivity index (χ2v) is 4.75. The molecule has 0 aliphatic carbocycles. The van der Waals surface area contributed by atoms with Crippen molar-refractivity contribution in [2.24, 2.45) is 5.73 Å². The smallest absolute Gasteiger partial charge is 0.309 e. The first kappa shape index (κ1) is 16.0. The van der Waals surface area contributed by atoms with Gasteiger partial charge in [-0.25, -0.2) is 4.39 Å². The predicted molar refractivity (Wildman–Crippen MR) is 77.6 cm³/mol. The maximum atomic E-state index is 12.9. The Morgan fingerprint density at radius 2 is 1.95 bits per heavy atom. The van der Waals surface area contributed by atoms with E-state index in [0.29, 0.717) is 6.42 Å². The van der Waals surface area contributed by atoms with E-state index in [1.165, 1.54) is 12.1 Å². The van der Waals surface area contributed by atoms with Crippen LogP contribution in [-0.2, 0) is 16.0 Å². The van der Waals surface area contributed by atoms with Crippen molar-refractivity contribution in [1.82, 2.24) is 10.6 Å². The number of nitrogens with two attached hydrogens (primary N) is 1. The van der Waals surface area contributed by atoms with Crippen molar-refractivity contribution in [3.63, 3.8) is 0 Å². The predicted octanol–water partition coefficient (Wildman–Crippen LogP) is 0.195. The lowest BCUT2D eigenvalue weighted by molar-refractivity contribution is -0.139. The minimum Gasteiger partial charge on any atom is -0.392 e. The van der Waals surface area contributed by atoms with E-state index in [4.69, 9.17) is 5.73 Å². The molecule has 4 N–H and O–H groups in total. The van der Waals surface area contributed by atoms with Gasteiger partial charge in [-0.1, -0.05) is 18.3 Å². The van der Waals surface area contributed by atoms with Gasteiger partial charge in [-0.3, -0.25) is 9.59 Å². The molecule has 0 atom stereocenters. The van der Waals surface area contributed by atoms with Gasteiger partial charge in [0.1, 0.15) is 5.82 Å².